The van der Waals surface area contributed by atoms with E-state index in [0.717, 1.165) is 32.2 Å². The van der Waals surface area contributed by atoms with Gasteiger partial charge in [-0.25, -0.2) is 0 Å². The molecule has 0 amide bonds. The van der Waals surface area contributed by atoms with Crippen molar-refractivity contribution in [2.24, 2.45) is 0 Å². The molecule has 1 aliphatic heterocycles. The Morgan fingerprint density at radius 2 is 1.88 bits per heavy atom. The van der Waals surface area contributed by atoms with Crippen molar-refractivity contribution in [3.05, 3.63) is 0 Å². The first-order valence-electron chi connectivity index (χ1n) is 6.23. The van der Waals surface area contributed by atoms with Crippen LogP contribution in [-0.4, -0.2) is 54.2 Å². The van der Waals surface area contributed by atoms with Crippen LogP contribution in [0.15, 0.2) is 0 Å². The highest BCUT2D eigenvalue weighted by Gasteiger charge is 2.38. The molecule has 1 heterocycles. The summed E-state index contributed by atoms with van der Waals surface area (Å²) in [4.78, 5) is 2.43. The second kappa shape index (κ2) is 7.40. The Hall–Kier alpha value is 0.0569. The van der Waals surface area contributed by atoms with E-state index in [-0.39, 0.29) is 0 Å². The fraction of sp³-hybridized carbons (Fsp3) is 1.00. The first-order valence-corrected chi connectivity index (χ1v) is 8.16. The van der Waals surface area contributed by atoms with E-state index in [1.165, 1.54) is 19.4 Å². The molecule has 0 saturated carbocycles. The van der Waals surface area contributed by atoms with Gasteiger partial charge in [-0.15, -0.1) is 0 Å². The summed E-state index contributed by atoms with van der Waals surface area (Å²) in [6.07, 6.45) is 3.65. The number of likely N-dealkylation sites (N-methyl/N-ethyl adjacent to an activating group) is 1. The third-order valence-electron chi connectivity index (χ3n) is 3.26. The maximum atomic E-state index is 5.89. The average molecular weight is 247 g/mol. The first-order chi connectivity index (χ1) is 7.76. The highest BCUT2D eigenvalue weighted by molar-refractivity contribution is 6.60. The van der Waals surface area contributed by atoms with Gasteiger partial charge in [0.05, 0.1) is 6.61 Å². The van der Waals surface area contributed by atoms with Gasteiger partial charge >= 0.3 is 8.80 Å². The molecule has 5 heteroatoms. The van der Waals surface area contributed by atoms with E-state index in [0.29, 0.717) is 0 Å². The lowest BCUT2D eigenvalue weighted by atomic mass is 10.2. The summed E-state index contributed by atoms with van der Waals surface area (Å²) in [6, 6.07) is 0.951. The lowest BCUT2D eigenvalue weighted by Gasteiger charge is -2.29. The topological polar surface area (TPSA) is 30.9 Å². The fourth-order valence-corrected chi connectivity index (χ4v) is 4.13. The minimum absolute atomic E-state index is 0.724. The van der Waals surface area contributed by atoms with Crippen LogP contribution in [0.3, 0.4) is 0 Å². The maximum Gasteiger partial charge on any atom is 0.500 e. The van der Waals surface area contributed by atoms with E-state index in [1.54, 1.807) is 14.2 Å². The lowest BCUT2D eigenvalue weighted by Crippen LogP contribution is -2.46. The monoisotopic (exact) mass is 247 g/mol. The molecule has 0 aromatic carbocycles. The Labute approximate surface area is 100 Å². The van der Waals surface area contributed by atoms with Gasteiger partial charge in [-0.05, 0) is 25.9 Å². The van der Waals surface area contributed by atoms with Crippen molar-refractivity contribution in [1.29, 1.82) is 0 Å². The number of nitrogens with zero attached hydrogens (tertiary/aromatic N) is 1. The summed E-state index contributed by atoms with van der Waals surface area (Å²) >= 11 is 0. The number of hydrogen-bond donors (Lipinski definition) is 0. The summed E-state index contributed by atoms with van der Waals surface area (Å²) in [5, 5.41) is 0. The standard InChI is InChI=1S/C11H25NO3Si/c1-4-12-8-6-5-7-11-16(13-2,14-3)15-10-9-12/h4-11H2,1-3H3. The van der Waals surface area contributed by atoms with E-state index < -0.39 is 8.80 Å². The summed E-state index contributed by atoms with van der Waals surface area (Å²) in [6.45, 7) is 6.19. The summed E-state index contributed by atoms with van der Waals surface area (Å²) in [7, 11) is 1.08. The second-order valence-corrected chi connectivity index (χ2v) is 7.16. The molecule has 0 atom stereocenters. The maximum absolute atomic E-state index is 5.89. The number of hydrogen-bond acceptors (Lipinski definition) is 4. The van der Waals surface area contributed by atoms with E-state index >= 15 is 0 Å². The molecule has 96 valence electrons. The van der Waals surface area contributed by atoms with Crippen LogP contribution in [-0.2, 0) is 13.3 Å². The summed E-state index contributed by atoms with van der Waals surface area (Å²) in [5.74, 6) is 0. The van der Waals surface area contributed by atoms with Crippen LogP contribution in [0.1, 0.15) is 26.2 Å². The smallest absolute Gasteiger partial charge is 0.377 e. The molecule has 4 nitrogen and oxygen atoms in total. The van der Waals surface area contributed by atoms with Crippen LogP contribution < -0.4 is 0 Å². The molecule has 0 aromatic heterocycles. The molecule has 16 heavy (non-hydrogen) atoms. The van der Waals surface area contributed by atoms with Crippen LogP contribution in [0.5, 0.6) is 0 Å². The average Bonchev–Trinajstić information content (AvgIpc) is 2.35. The first kappa shape index (κ1) is 14.1. The van der Waals surface area contributed by atoms with Crippen LogP contribution in [0.2, 0.25) is 6.04 Å². The predicted molar refractivity (Wildman–Crippen MR) is 66.5 cm³/mol. The molecule has 1 rings (SSSR count). The Morgan fingerprint density at radius 1 is 1.12 bits per heavy atom. The minimum Gasteiger partial charge on any atom is -0.377 e. The zero-order valence-electron chi connectivity index (χ0n) is 10.8. The molecular weight excluding hydrogens is 222 g/mol. The molecule has 0 spiro atoms. The quantitative estimate of drug-likeness (QED) is 0.711. The van der Waals surface area contributed by atoms with Crippen LogP contribution in [0.4, 0.5) is 0 Å². The molecule has 1 aliphatic rings. The van der Waals surface area contributed by atoms with Gasteiger partial charge < -0.3 is 18.2 Å². The molecule has 0 unspecified atom stereocenters. The molecule has 0 aromatic rings. The van der Waals surface area contributed by atoms with Crippen molar-refractivity contribution in [3.63, 3.8) is 0 Å². The molecule has 0 radical (unpaired) electrons. The lowest BCUT2D eigenvalue weighted by molar-refractivity contribution is 0.0821. The van der Waals surface area contributed by atoms with Gasteiger partial charge in [0, 0.05) is 26.8 Å². The SMILES string of the molecule is CCN1CCCCC[Si](OC)(OC)OCC1. The van der Waals surface area contributed by atoms with Crippen LogP contribution in [0.25, 0.3) is 0 Å². The molecular formula is C11H25NO3Si. The predicted octanol–water partition coefficient (Wildman–Crippen LogP) is 1.74. The van der Waals surface area contributed by atoms with E-state index in [1.807, 2.05) is 0 Å². The summed E-state index contributed by atoms with van der Waals surface area (Å²) < 4.78 is 16.9. The van der Waals surface area contributed by atoms with Crippen LogP contribution in [0, 0.1) is 0 Å². The Bertz CT molecular complexity index is 188. The van der Waals surface area contributed by atoms with Gasteiger partial charge in [-0.1, -0.05) is 13.3 Å². The normalized spacial score (nSPS) is 24.2. The third kappa shape index (κ3) is 4.14. The fourth-order valence-electron chi connectivity index (χ4n) is 2.09. The van der Waals surface area contributed by atoms with E-state index in [2.05, 4.69) is 11.8 Å². The number of rotatable bonds is 3. The largest absolute Gasteiger partial charge is 0.500 e. The zero-order valence-corrected chi connectivity index (χ0v) is 11.8. The Balaban J connectivity index is 2.50. The van der Waals surface area contributed by atoms with E-state index in [9.17, 15) is 0 Å². The van der Waals surface area contributed by atoms with Gasteiger partial charge in [-0.2, -0.15) is 0 Å². The van der Waals surface area contributed by atoms with Crippen molar-refractivity contribution in [2.75, 3.05) is 40.5 Å². The highest BCUT2D eigenvalue weighted by Crippen LogP contribution is 2.19. The van der Waals surface area contributed by atoms with E-state index in [4.69, 9.17) is 13.3 Å². The van der Waals surface area contributed by atoms with Crippen molar-refractivity contribution in [1.82, 2.24) is 4.90 Å². The third-order valence-corrected chi connectivity index (χ3v) is 6.11. The van der Waals surface area contributed by atoms with Gasteiger partial charge in [0.2, 0.25) is 0 Å². The van der Waals surface area contributed by atoms with Gasteiger partial charge in [-0.3, -0.25) is 0 Å². The molecule has 0 N–H and O–H groups in total. The Kier molecular flexibility index (Phi) is 6.53. The molecule has 1 fully saturated rings. The van der Waals surface area contributed by atoms with Gasteiger partial charge in [0.1, 0.15) is 0 Å². The van der Waals surface area contributed by atoms with Gasteiger partial charge in [0.15, 0.2) is 0 Å². The van der Waals surface area contributed by atoms with Crippen LogP contribution >= 0.6 is 0 Å². The summed E-state index contributed by atoms with van der Waals surface area (Å²) in [5.41, 5.74) is 0. The van der Waals surface area contributed by atoms with Crippen molar-refractivity contribution < 1.29 is 13.3 Å². The second-order valence-electron chi connectivity index (χ2n) is 4.18. The van der Waals surface area contributed by atoms with Crippen molar-refractivity contribution >= 4 is 8.80 Å². The highest BCUT2D eigenvalue weighted by atomic mass is 28.4. The van der Waals surface area contributed by atoms with Crippen molar-refractivity contribution in [3.8, 4) is 0 Å². The minimum atomic E-state index is -2.34. The molecule has 1 saturated heterocycles. The zero-order chi connectivity index (χ0) is 11.9. The molecule has 0 aliphatic carbocycles. The molecule has 0 bridgehead atoms. The Morgan fingerprint density at radius 3 is 2.50 bits per heavy atom. The van der Waals surface area contributed by atoms with Crippen molar-refractivity contribution in [2.45, 2.75) is 32.2 Å². The van der Waals surface area contributed by atoms with Gasteiger partial charge in [0.25, 0.3) is 0 Å².